The van der Waals surface area contributed by atoms with Crippen molar-refractivity contribution in [1.29, 1.82) is 0 Å². The summed E-state index contributed by atoms with van der Waals surface area (Å²) >= 11 is 0. The Morgan fingerprint density at radius 1 is 1.33 bits per heavy atom. The summed E-state index contributed by atoms with van der Waals surface area (Å²) in [5.74, 6) is 0. The van der Waals surface area contributed by atoms with Crippen molar-refractivity contribution in [3.63, 3.8) is 0 Å². The minimum atomic E-state index is -4.66. The van der Waals surface area contributed by atoms with Gasteiger partial charge in [-0.05, 0) is 26.8 Å². The van der Waals surface area contributed by atoms with E-state index >= 15 is 0 Å². The molecule has 0 spiro atoms. The Kier molecular flexibility index (Phi) is 4.67. The maximum atomic E-state index is 11.9. The van der Waals surface area contributed by atoms with Crippen molar-refractivity contribution in [2.24, 2.45) is 0 Å². The van der Waals surface area contributed by atoms with Crippen molar-refractivity contribution in [3.05, 3.63) is 0 Å². The average Bonchev–Trinajstić information content (AvgIpc) is 1.84. The third-order valence-corrected chi connectivity index (χ3v) is 1.95. The fourth-order valence-electron chi connectivity index (χ4n) is 1.14. The van der Waals surface area contributed by atoms with Crippen molar-refractivity contribution >= 4 is 6.98 Å². The molecule has 1 nitrogen and oxygen atoms in total. The third kappa shape index (κ3) is 5.46. The van der Waals surface area contributed by atoms with E-state index in [9.17, 15) is 12.9 Å². The first kappa shape index (κ1) is 11.8. The van der Waals surface area contributed by atoms with Gasteiger partial charge in [0.1, 0.15) is 0 Å². The first-order valence-electron chi connectivity index (χ1n) is 4.28. The van der Waals surface area contributed by atoms with Crippen molar-refractivity contribution in [2.45, 2.75) is 32.7 Å². The molecule has 0 radical (unpaired) electrons. The molecule has 5 heteroatoms. The zero-order chi connectivity index (χ0) is 9.78. The Morgan fingerprint density at radius 2 is 1.83 bits per heavy atom. The maximum Gasteiger partial charge on any atom is 0.492 e. The van der Waals surface area contributed by atoms with E-state index in [0.717, 1.165) is 12.8 Å². The Hall–Kier alpha value is -0.185. The van der Waals surface area contributed by atoms with Gasteiger partial charge >= 0.3 is 6.98 Å². The van der Waals surface area contributed by atoms with Crippen LogP contribution in [0.25, 0.3) is 0 Å². The summed E-state index contributed by atoms with van der Waals surface area (Å²) < 4.78 is 35.8. The quantitative estimate of drug-likeness (QED) is 0.590. The summed E-state index contributed by atoms with van der Waals surface area (Å²) in [6, 6.07) is 0.0264. The van der Waals surface area contributed by atoms with Gasteiger partial charge in [0, 0.05) is 6.04 Å². The van der Waals surface area contributed by atoms with E-state index in [2.05, 4.69) is 0 Å². The van der Waals surface area contributed by atoms with E-state index < -0.39 is 13.4 Å². The van der Waals surface area contributed by atoms with Gasteiger partial charge in [0.15, 0.2) is 0 Å². The Balaban J connectivity index is 3.78. The summed E-state index contributed by atoms with van der Waals surface area (Å²) in [6.45, 7) is -0.864. The topological polar surface area (TPSA) is 3.24 Å². The van der Waals surface area contributed by atoms with Crippen molar-refractivity contribution in [1.82, 2.24) is 4.90 Å². The van der Waals surface area contributed by atoms with Gasteiger partial charge in [-0.25, -0.2) is 0 Å². The van der Waals surface area contributed by atoms with Crippen LogP contribution < -0.4 is 0 Å². The van der Waals surface area contributed by atoms with Gasteiger partial charge in [-0.3, -0.25) is 0 Å². The summed E-state index contributed by atoms with van der Waals surface area (Å²) in [6.07, 6.45) is 1.00. The van der Waals surface area contributed by atoms with E-state index in [1.165, 1.54) is 11.9 Å². The highest BCUT2D eigenvalue weighted by Gasteiger charge is 2.26. The van der Waals surface area contributed by atoms with Crippen molar-refractivity contribution in [2.75, 3.05) is 13.5 Å². The molecule has 0 heterocycles. The zero-order valence-electron chi connectivity index (χ0n) is 7.86. The highest BCUT2D eigenvalue weighted by molar-refractivity contribution is 6.58. The molecular weight excluding hydrogens is 166 g/mol. The molecule has 0 bridgehead atoms. The highest BCUT2D eigenvalue weighted by Crippen LogP contribution is 2.13. The van der Waals surface area contributed by atoms with E-state index in [-0.39, 0.29) is 6.04 Å². The molecule has 0 aromatic heterocycles. The molecule has 0 rings (SSSR count). The molecule has 0 fully saturated rings. The monoisotopic (exact) mass is 182 g/mol. The second-order valence-corrected chi connectivity index (χ2v) is 3.29. The number of halogens is 3. The molecule has 0 aliphatic heterocycles. The molecular formula is C7H16BF3N-. The van der Waals surface area contributed by atoms with Gasteiger partial charge in [0.05, 0.1) is 0 Å². The summed E-state index contributed by atoms with van der Waals surface area (Å²) in [5, 5.41) is 0. The van der Waals surface area contributed by atoms with Crippen LogP contribution in [-0.4, -0.2) is 31.4 Å². The van der Waals surface area contributed by atoms with Gasteiger partial charge in [0.2, 0.25) is 0 Å². The molecule has 0 saturated heterocycles. The van der Waals surface area contributed by atoms with Crippen LogP contribution in [0.2, 0.25) is 0 Å². The van der Waals surface area contributed by atoms with E-state index in [4.69, 9.17) is 0 Å². The third-order valence-electron chi connectivity index (χ3n) is 1.95. The molecule has 0 aromatic rings. The SMILES string of the molecule is CCCC(C)N(C)C[B-](F)(F)F. The fourth-order valence-corrected chi connectivity index (χ4v) is 1.14. The van der Waals surface area contributed by atoms with Crippen LogP contribution >= 0.6 is 0 Å². The zero-order valence-corrected chi connectivity index (χ0v) is 7.86. The minimum absolute atomic E-state index is 0.0264. The molecule has 0 aliphatic carbocycles. The number of rotatable bonds is 5. The molecule has 1 unspecified atom stereocenters. The van der Waals surface area contributed by atoms with Gasteiger partial charge < -0.3 is 17.8 Å². The number of hydrogen-bond acceptors (Lipinski definition) is 1. The van der Waals surface area contributed by atoms with Crippen LogP contribution in [0, 0.1) is 0 Å². The van der Waals surface area contributed by atoms with E-state index in [1.807, 2.05) is 13.8 Å². The smallest absolute Gasteiger partial charge is 0.448 e. The van der Waals surface area contributed by atoms with Crippen LogP contribution in [-0.2, 0) is 0 Å². The fraction of sp³-hybridized carbons (Fsp3) is 1.00. The number of nitrogens with zero attached hydrogens (tertiary/aromatic N) is 1. The van der Waals surface area contributed by atoms with Crippen LogP contribution in [0.15, 0.2) is 0 Å². The predicted octanol–water partition coefficient (Wildman–Crippen LogP) is 2.49. The van der Waals surface area contributed by atoms with E-state index in [1.54, 1.807) is 0 Å². The lowest BCUT2D eigenvalue weighted by atomic mass is 9.90. The molecule has 0 saturated carbocycles. The normalized spacial score (nSPS) is 15.2. The maximum absolute atomic E-state index is 11.9. The van der Waals surface area contributed by atoms with Gasteiger partial charge in [0.25, 0.3) is 0 Å². The minimum Gasteiger partial charge on any atom is -0.448 e. The molecule has 0 amide bonds. The van der Waals surface area contributed by atoms with E-state index in [0.29, 0.717) is 0 Å². The Morgan fingerprint density at radius 3 is 2.17 bits per heavy atom. The summed E-state index contributed by atoms with van der Waals surface area (Å²) in [7, 11) is 1.52. The van der Waals surface area contributed by atoms with Gasteiger partial charge in [-0.2, -0.15) is 0 Å². The molecule has 74 valence electrons. The molecule has 0 N–H and O–H groups in total. The number of hydrogen-bond donors (Lipinski definition) is 0. The molecule has 0 aromatic carbocycles. The molecule has 12 heavy (non-hydrogen) atoms. The molecule has 0 aliphatic rings. The first-order chi connectivity index (χ1) is 5.37. The lowest BCUT2D eigenvalue weighted by molar-refractivity contribution is 0.251. The van der Waals surface area contributed by atoms with Crippen LogP contribution in [0.5, 0.6) is 0 Å². The average molecular weight is 182 g/mol. The van der Waals surface area contributed by atoms with Gasteiger partial charge in [-0.1, -0.05) is 13.3 Å². The standard InChI is InChI=1S/C7H16BF3N/c1-4-5-7(2)12(3)6-8(9,10)11/h7H,4-6H2,1-3H3/q-1. The van der Waals surface area contributed by atoms with Crippen molar-refractivity contribution in [3.8, 4) is 0 Å². The van der Waals surface area contributed by atoms with Crippen LogP contribution in [0.4, 0.5) is 12.9 Å². The Bertz CT molecular complexity index is 126. The van der Waals surface area contributed by atoms with Crippen LogP contribution in [0.1, 0.15) is 26.7 Å². The Labute approximate surface area is 72.0 Å². The second-order valence-electron chi connectivity index (χ2n) is 3.29. The summed E-state index contributed by atoms with van der Waals surface area (Å²) in [5.41, 5.74) is 0. The largest absolute Gasteiger partial charge is 0.492 e. The highest BCUT2D eigenvalue weighted by atomic mass is 19.4. The second kappa shape index (κ2) is 4.75. The van der Waals surface area contributed by atoms with Crippen LogP contribution in [0.3, 0.4) is 0 Å². The lowest BCUT2D eigenvalue weighted by Gasteiger charge is -2.29. The molecule has 1 atom stereocenters. The predicted molar refractivity (Wildman–Crippen MR) is 46.1 cm³/mol. The lowest BCUT2D eigenvalue weighted by Crippen LogP contribution is -2.40. The first-order valence-corrected chi connectivity index (χ1v) is 4.28. The van der Waals surface area contributed by atoms with Crippen molar-refractivity contribution < 1.29 is 12.9 Å². The summed E-state index contributed by atoms with van der Waals surface area (Å²) in [4.78, 5) is 1.36. The van der Waals surface area contributed by atoms with Gasteiger partial charge in [-0.15, -0.1) is 0 Å².